The second kappa shape index (κ2) is 5.58. The Morgan fingerprint density at radius 3 is 2.89 bits per heavy atom. The highest BCUT2D eigenvalue weighted by molar-refractivity contribution is 7.94. The summed E-state index contributed by atoms with van der Waals surface area (Å²) in [5.74, 6) is 0.753. The van der Waals surface area contributed by atoms with Crippen LogP contribution < -0.4 is 15.4 Å². The van der Waals surface area contributed by atoms with Crippen molar-refractivity contribution < 1.29 is 13.2 Å². The van der Waals surface area contributed by atoms with Crippen molar-refractivity contribution in [2.75, 3.05) is 18.2 Å². The van der Waals surface area contributed by atoms with E-state index in [1.165, 1.54) is 5.41 Å². The first-order valence-electron chi connectivity index (χ1n) is 5.61. The van der Waals surface area contributed by atoms with E-state index >= 15 is 0 Å². The molecule has 19 heavy (non-hydrogen) atoms. The summed E-state index contributed by atoms with van der Waals surface area (Å²) >= 11 is 5.14. The second-order valence-electron chi connectivity index (χ2n) is 4.09. The summed E-state index contributed by atoms with van der Waals surface area (Å²) in [4.78, 5) is 0. The van der Waals surface area contributed by atoms with E-state index < -0.39 is 9.84 Å². The molecule has 0 saturated heterocycles. The Hall–Kier alpha value is -1.60. The standard InChI is InChI=1S/C12H14N2O3S2/c1-17-11-4-2-3-9(7-11)13-12(18)14-10-5-6-19(15,16)8-10/h2-7,10H,8H2,1H3,(H2,13,14,18). The zero-order valence-electron chi connectivity index (χ0n) is 10.3. The lowest BCUT2D eigenvalue weighted by atomic mass is 10.3. The van der Waals surface area contributed by atoms with Crippen molar-refractivity contribution in [3.8, 4) is 5.75 Å². The quantitative estimate of drug-likeness (QED) is 0.820. The lowest BCUT2D eigenvalue weighted by Crippen LogP contribution is -2.38. The Balaban J connectivity index is 1.93. The van der Waals surface area contributed by atoms with Gasteiger partial charge in [-0.15, -0.1) is 0 Å². The van der Waals surface area contributed by atoms with Gasteiger partial charge in [0.15, 0.2) is 14.9 Å². The van der Waals surface area contributed by atoms with Crippen molar-refractivity contribution in [3.63, 3.8) is 0 Å². The molecule has 1 aliphatic rings. The molecule has 5 nitrogen and oxygen atoms in total. The van der Waals surface area contributed by atoms with Gasteiger partial charge in [0.25, 0.3) is 0 Å². The molecule has 1 aromatic rings. The first-order chi connectivity index (χ1) is 8.98. The molecule has 1 aromatic carbocycles. The van der Waals surface area contributed by atoms with Gasteiger partial charge in [-0.3, -0.25) is 0 Å². The number of ether oxygens (including phenoxy) is 1. The smallest absolute Gasteiger partial charge is 0.173 e. The van der Waals surface area contributed by atoms with E-state index in [-0.39, 0.29) is 11.8 Å². The van der Waals surface area contributed by atoms with Crippen LogP contribution >= 0.6 is 12.2 Å². The summed E-state index contributed by atoms with van der Waals surface area (Å²) in [6.45, 7) is 0. The van der Waals surface area contributed by atoms with Crippen molar-refractivity contribution in [1.82, 2.24) is 5.32 Å². The fraction of sp³-hybridized carbons (Fsp3) is 0.250. The summed E-state index contributed by atoms with van der Waals surface area (Å²) in [7, 11) is -1.49. The Bertz CT molecular complexity index is 611. The zero-order chi connectivity index (χ0) is 13.9. The molecular formula is C12H14N2O3S2. The highest BCUT2D eigenvalue weighted by Crippen LogP contribution is 2.16. The molecule has 1 heterocycles. The normalized spacial score (nSPS) is 19.9. The topological polar surface area (TPSA) is 67.4 Å². The average Bonchev–Trinajstić information content (AvgIpc) is 2.68. The SMILES string of the molecule is COc1cccc(NC(=S)NC2C=CS(=O)(=O)C2)c1. The van der Waals surface area contributed by atoms with Gasteiger partial charge in [0.05, 0.1) is 18.9 Å². The molecule has 0 aromatic heterocycles. The number of anilines is 1. The van der Waals surface area contributed by atoms with Crippen molar-refractivity contribution >= 4 is 32.9 Å². The summed E-state index contributed by atoms with van der Waals surface area (Å²) < 4.78 is 27.6. The number of hydrogen-bond acceptors (Lipinski definition) is 4. The number of hydrogen-bond donors (Lipinski definition) is 2. The molecule has 0 saturated carbocycles. The summed E-state index contributed by atoms with van der Waals surface area (Å²) in [5.41, 5.74) is 0.779. The van der Waals surface area contributed by atoms with E-state index in [2.05, 4.69) is 10.6 Å². The molecule has 0 aliphatic carbocycles. The number of nitrogens with one attached hydrogen (secondary N) is 2. The van der Waals surface area contributed by atoms with Crippen LogP contribution in [0.1, 0.15) is 0 Å². The Morgan fingerprint density at radius 1 is 1.47 bits per heavy atom. The van der Waals surface area contributed by atoms with Crippen molar-refractivity contribution in [1.29, 1.82) is 0 Å². The molecule has 102 valence electrons. The van der Waals surface area contributed by atoms with Gasteiger partial charge in [0, 0.05) is 17.2 Å². The van der Waals surface area contributed by atoms with E-state index in [9.17, 15) is 8.42 Å². The fourth-order valence-electron chi connectivity index (χ4n) is 1.70. The van der Waals surface area contributed by atoms with E-state index in [1.807, 2.05) is 18.2 Å². The third-order valence-corrected chi connectivity index (χ3v) is 4.19. The van der Waals surface area contributed by atoms with Crippen LogP contribution in [0, 0.1) is 0 Å². The van der Waals surface area contributed by atoms with Gasteiger partial charge in [-0.2, -0.15) is 0 Å². The third-order valence-electron chi connectivity index (χ3n) is 2.57. The molecule has 0 fully saturated rings. The second-order valence-corrected chi connectivity index (χ2v) is 6.43. The van der Waals surface area contributed by atoms with Gasteiger partial charge in [-0.25, -0.2) is 8.42 Å². The van der Waals surface area contributed by atoms with Gasteiger partial charge < -0.3 is 15.4 Å². The molecular weight excluding hydrogens is 284 g/mol. The lowest BCUT2D eigenvalue weighted by Gasteiger charge is -2.14. The minimum absolute atomic E-state index is 0.0347. The number of thiocarbonyl (C=S) groups is 1. The minimum Gasteiger partial charge on any atom is -0.497 e. The Kier molecular flexibility index (Phi) is 4.06. The molecule has 2 rings (SSSR count). The molecule has 0 spiro atoms. The molecule has 1 unspecified atom stereocenters. The van der Waals surface area contributed by atoms with Crippen LogP contribution in [0.3, 0.4) is 0 Å². The van der Waals surface area contributed by atoms with Crippen molar-refractivity contribution in [3.05, 3.63) is 35.7 Å². The van der Waals surface area contributed by atoms with Crippen molar-refractivity contribution in [2.45, 2.75) is 6.04 Å². The predicted octanol–water partition coefficient (Wildman–Crippen LogP) is 1.29. The van der Waals surface area contributed by atoms with E-state index in [0.29, 0.717) is 5.11 Å². The van der Waals surface area contributed by atoms with Crippen LogP contribution in [-0.2, 0) is 9.84 Å². The first kappa shape index (κ1) is 13.8. The number of sulfone groups is 1. The molecule has 7 heteroatoms. The van der Waals surface area contributed by atoms with Crippen LogP contribution in [0.2, 0.25) is 0 Å². The molecule has 0 amide bonds. The fourth-order valence-corrected chi connectivity index (χ4v) is 3.21. The van der Waals surface area contributed by atoms with Crippen LogP contribution in [0.4, 0.5) is 5.69 Å². The van der Waals surface area contributed by atoms with Gasteiger partial charge >= 0.3 is 0 Å². The average molecular weight is 298 g/mol. The third kappa shape index (κ3) is 3.93. The van der Waals surface area contributed by atoms with Crippen LogP contribution in [0.25, 0.3) is 0 Å². The maximum absolute atomic E-state index is 11.3. The zero-order valence-corrected chi connectivity index (χ0v) is 11.9. The Morgan fingerprint density at radius 2 is 2.26 bits per heavy atom. The lowest BCUT2D eigenvalue weighted by molar-refractivity contribution is 0.415. The molecule has 0 radical (unpaired) electrons. The van der Waals surface area contributed by atoms with Crippen molar-refractivity contribution in [2.24, 2.45) is 0 Å². The van der Waals surface area contributed by atoms with Crippen LogP contribution in [-0.4, -0.2) is 32.4 Å². The molecule has 1 aliphatic heterocycles. The van der Waals surface area contributed by atoms with Crippen LogP contribution in [0.15, 0.2) is 35.7 Å². The monoisotopic (exact) mass is 298 g/mol. The highest BCUT2D eigenvalue weighted by atomic mass is 32.2. The van der Waals surface area contributed by atoms with Gasteiger partial charge in [-0.1, -0.05) is 6.07 Å². The number of rotatable bonds is 3. The summed E-state index contributed by atoms with van der Waals surface area (Å²) in [6, 6.07) is 7.03. The summed E-state index contributed by atoms with van der Waals surface area (Å²) in [6.07, 6.45) is 1.59. The van der Waals surface area contributed by atoms with Crippen LogP contribution in [0.5, 0.6) is 5.75 Å². The summed E-state index contributed by atoms with van der Waals surface area (Å²) in [5, 5.41) is 7.50. The van der Waals surface area contributed by atoms with Gasteiger partial charge in [0.2, 0.25) is 0 Å². The van der Waals surface area contributed by atoms with E-state index in [4.69, 9.17) is 17.0 Å². The highest BCUT2D eigenvalue weighted by Gasteiger charge is 2.21. The molecule has 0 bridgehead atoms. The van der Waals surface area contributed by atoms with E-state index in [1.54, 1.807) is 19.3 Å². The predicted molar refractivity (Wildman–Crippen MR) is 79.1 cm³/mol. The largest absolute Gasteiger partial charge is 0.497 e. The minimum atomic E-state index is -3.08. The Labute approximate surface area is 117 Å². The van der Waals surface area contributed by atoms with Gasteiger partial charge in [-0.05, 0) is 30.4 Å². The molecule has 1 atom stereocenters. The first-order valence-corrected chi connectivity index (χ1v) is 7.73. The maximum Gasteiger partial charge on any atom is 0.173 e. The number of benzene rings is 1. The van der Waals surface area contributed by atoms with E-state index in [0.717, 1.165) is 11.4 Å². The number of methoxy groups -OCH3 is 1. The van der Waals surface area contributed by atoms with Gasteiger partial charge in [0.1, 0.15) is 5.75 Å². The molecule has 2 N–H and O–H groups in total. The maximum atomic E-state index is 11.3.